The summed E-state index contributed by atoms with van der Waals surface area (Å²) in [6.45, 7) is 6.37. The minimum absolute atomic E-state index is 0. The minimum atomic E-state index is -0.371. The topological polar surface area (TPSA) is 47.2 Å². The Morgan fingerprint density at radius 1 is 1.08 bits per heavy atom. The molecule has 1 radical (unpaired) electrons. The van der Waals surface area contributed by atoms with Gasteiger partial charge in [0.2, 0.25) is 12.3 Å². The van der Waals surface area contributed by atoms with Crippen LogP contribution in [0, 0.1) is 13.8 Å². The molecule has 0 amide bonds. The maximum Gasteiger partial charge on any atom is 0.344 e. The van der Waals surface area contributed by atoms with Gasteiger partial charge < -0.3 is 4.74 Å². The summed E-state index contributed by atoms with van der Waals surface area (Å²) >= 11 is 0. The van der Waals surface area contributed by atoms with E-state index in [-0.39, 0.29) is 51.0 Å². The SMILES string of the molecule is CCOC(=O)c1ccc[n+](CC(=O)Cc2c(C)cccc2C)c1.[Y]. The van der Waals surface area contributed by atoms with Gasteiger partial charge in [-0.05, 0) is 43.5 Å². The number of esters is 1. The summed E-state index contributed by atoms with van der Waals surface area (Å²) in [4.78, 5) is 24.1. The predicted molar refractivity (Wildman–Crippen MR) is 87.2 cm³/mol. The molecule has 0 fully saturated rings. The van der Waals surface area contributed by atoms with Crippen molar-refractivity contribution in [2.24, 2.45) is 0 Å². The number of ketones is 1. The van der Waals surface area contributed by atoms with Gasteiger partial charge in [-0.2, -0.15) is 4.57 Å². The number of ether oxygens (including phenoxy) is 1. The van der Waals surface area contributed by atoms with Crippen LogP contribution in [0.1, 0.15) is 34.0 Å². The number of pyridine rings is 1. The van der Waals surface area contributed by atoms with E-state index in [9.17, 15) is 9.59 Å². The molecule has 0 aliphatic carbocycles. The fourth-order valence-electron chi connectivity index (χ4n) is 2.54. The van der Waals surface area contributed by atoms with Crippen LogP contribution >= 0.6 is 0 Å². The molecule has 1 heterocycles. The molecule has 5 heteroatoms. The number of rotatable bonds is 6. The Kier molecular flexibility index (Phi) is 8.44. The molecule has 0 bridgehead atoms. The Bertz CT molecular complexity index is 708. The third-order valence-corrected chi connectivity index (χ3v) is 3.75. The molecule has 0 unspecified atom stereocenters. The van der Waals surface area contributed by atoms with Crippen LogP contribution in [0.3, 0.4) is 0 Å². The van der Waals surface area contributed by atoms with Gasteiger partial charge in [0.25, 0.3) is 0 Å². The molecule has 0 saturated heterocycles. The molecule has 1 aromatic heterocycles. The first-order valence-electron chi connectivity index (χ1n) is 7.74. The normalized spacial score (nSPS) is 9.96. The third-order valence-electron chi connectivity index (χ3n) is 3.75. The second kappa shape index (κ2) is 9.80. The van der Waals surface area contributed by atoms with Crippen LogP contribution in [0.25, 0.3) is 0 Å². The molecule has 4 nitrogen and oxygen atoms in total. The number of carbonyl (C=O) groups is 2. The number of nitrogens with zero attached hydrogens (tertiary/aromatic N) is 1. The zero-order valence-electron chi connectivity index (χ0n) is 14.4. The molecule has 0 aliphatic heterocycles. The molecule has 2 aromatic rings. The summed E-state index contributed by atoms with van der Waals surface area (Å²) in [5, 5.41) is 0. The van der Waals surface area contributed by atoms with Gasteiger partial charge in [-0.1, -0.05) is 18.2 Å². The largest absolute Gasteiger partial charge is 0.462 e. The van der Waals surface area contributed by atoms with Gasteiger partial charge in [0.05, 0.1) is 6.61 Å². The fraction of sp³-hybridized carbons (Fsp3) is 0.316. The van der Waals surface area contributed by atoms with Gasteiger partial charge in [0, 0.05) is 45.2 Å². The first-order valence-corrected chi connectivity index (χ1v) is 7.74. The van der Waals surface area contributed by atoms with Crippen molar-refractivity contribution >= 4 is 11.8 Å². The van der Waals surface area contributed by atoms with Crippen molar-refractivity contribution < 1.29 is 51.6 Å². The van der Waals surface area contributed by atoms with E-state index < -0.39 is 0 Å². The number of Topliss-reactive ketones (excluding diaryl/α,β-unsaturated/α-hetero) is 1. The van der Waals surface area contributed by atoms with E-state index in [1.807, 2.05) is 32.0 Å². The third kappa shape index (κ3) is 5.61. The van der Waals surface area contributed by atoms with E-state index >= 15 is 0 Å². The molecule has 2 rings (SSSR count). The molecule has 0 spiro atoms. The van der Waals surface area contributed by atoms with Gasteiger partial charge in [0.15, 0.2) is 12.4 Å². The maximum atomic E-state index is 12.4. The van der Waals surface area contributed by atoms with E-state index in [1.54, 1.807) is 36.0 Å². The molecular weight excluding hydrogens is 379 g/mol. The molecule has 0 saturated carbocycles. The van der Waals surface area contributed by atoms with Crippen molar-refractivity contribution in [3.05, 3.63) is 65.0 Å². The van der Waals surface area contributed by atoms with Crippen LogP contribution in [0.15, 0.2) is 42.7 Å². The van der Waals surface area contributed by atoms with Crippen LogP contribution in [-0.2, 0) is 55.2 Å². The minimum Gasteiger partial charge on any atom is -0.462 e. The Morgan fingerprint density at radius 3 is 2.38 bits per heavy atom. The summed E-state index contributed by atoms with van der Waals surface area (Å²) in [6, 6.07) is 9.47. The van der Waals surface area contributed by atoms with Gasteiger partial charge in [-0.25, -0.2) is 4.79 Å². The van der Waals surface area contributed by atoms with Gasteiger partial charge in [0.1, 0.15) is 5.56 Å². The average molecular weight is 401 g/mol. The number of aromatic nitrogens is 1. The second-order valence-electron chi connectivity index (χ2n) is 5.57. The average Bonchev–Trinajstić information content (AvgIpc) is 2.51. The number of hydrogen-bond acceptors (Lipinski definition) is 3. The van der Waals surface area contributed by atoms with E-state index in [1.165, 1.54) is 0 Å². The maximum absolute atomic E-state index is 12.4. The van der Waals surface area contributed by atoms with Gasteiger partial charge in [-0.3, -0.25) is 4.79 Å². The number of aryl methyl sites for hydroxylation is 2. The molecule has 1 aromatic carbocycles. The van der Waals surface area contributed by atoms with Crippen molar-refractivity contribution in [3.8, 4) is 0 Å². The van der Waals surface area contributed by atoms with E-state index in [0.29, 0.717) is 18.6 Å². The number of benzene rings is 1. The Morgan fingerprint density at radius 2 is 1.75 bits per heavy atom. The Balaban J connectivity index is 0.00000288. The van der Waals surface area contributed by atoms with Crippen LogP contribution in [0.2, 0.25) is 0 Å². The van der Waals surface area contributed by atoms with E-state index in [2.05, 4.69) is 0 Å². The van der Waals surface area contributed by atoms with Gasteiger partial charge >= 0.3 is 5.97 Å². The Hall–Kier alpha value is -1.39. The van der Waals surface area contributed by atoms with E-state index in [0.717, 1.165) is 16.7 Å². The van der Waals surface area contributed by atoms with Crippen LogP contribution < -0.4 is 4.57 Å². The molecule has 0 aliphatic rings. The summed E-state index contributed by atoms with van der Waals surface area (Å²) in [6.07, 6.45) is 3.83. The smallest absolute Gasteiger partial charge is 0.344 e. The zero-order valence-corrected chi connectivity index (χ0v) is 17.3. The van der Waals surface area contributed by atoms with E-state index in [4.69, 9.17) is 4.74 Å². The molecule has 123 valence electrons. The van der Waals surface area contributed by atoms with Crippen LogP contribution in [-0.4, -0.2) is 18.4 Å². The molecular formula is C19H22NO3Y+. The van der Waals surface area contributed by atoms with Crippen LogP contribution in [0.4, 0.5) is 0 Å². The standard InChI is InChI=1S/C19H22NO3.Y/c1-4-23-19(22)16-9-6-10-20(12-16)13-17(21)11-18-14(2)7-5-8-15(18)3;/h5-10,12H,4,11,13H2,1-3H3;/q+1;. The molecule has 24 heavy (non-hydrogen) atoms. The van der Waals surface area contributed by atoms with Crippen molar-refractivity contribution in [2.45, 2.75) is 33.7 Å². The second-order valence-corrected chi connectivity index (χ2v) is 5.57. The summed E-state index contributed by atoms with van der Waals surface area (Å²) in [7, 11) is 0. The first kappa shape index (κ1) is 20.7. The zero-order chi connectivity index (χ0) is 16.8. The van der Waals surface area contributed by atoms with Crippen molar-refractivity contribution in [3.63, 3.8) is 0 Å². The van der Waals surface area contributed by atoms with Crippen LogP contribution in [0.5, 0.6) is 0 Å². The summed E-state index contributed by atoms with van der Waals surface area (Å²) < 4.78 is 6.70. The van der Waals surface area contributed by atoms with Crippen molar-refractivity contribution in [1.82, 2.24) is 0 Å². The molecule has 0 atom stereocenters. The Labute approximate surface area is 168 Å². The number of hydrogen-bond donors (Lipinski definition) is 0. The predicted octanol–water partition coefficient (Wildman–Crippen LogP) is 2.58. The number of carbonyl (C=O) groups excluding carboxylic acids is 2. The molecule has 0 N–H and O–H groups in total. The summed E-state index contributed by atoms with van der Waals surface area (Å²) in [5.41, 5.74) is 3.79. The fourth-order valence-corrected chi connectivity index (χ4v) is 2.54. The first-order chi connectivity index (χ1) is 11.0. The van der Waals surface area contributed by atoms with Gasteiger partial charge in [-0.15, -0.1) is 0 Å². The summed E-state index contributed by atoms with van der Waals surface area (Å²) in [5.74, 6) is -0.266. The monoisotopic (exact) mass is 401 g/mol. The van der Waals surface area contributed by atoms with Crippen molar-refractivity contribution in [1.29, 1.82) is 0 Å². The quantitative estimate of drug-likeness (QED) is 0.552. The van der Waals surface area contributed by atoms with Crippen molar-refractivity contribution in [2.75, 3.05) is 6.61 Å².